The van der Waals surface area contributed by atoms with Gasteiger partial charge in [0.1, 0.15) is 30.5 Å². The van der Waals surface area contributed by atoms with Crippen LogP contribution in [0, 0.1) is 0 Å². The van der Waals surface area contributed by atoms with Crippen LogP contribution in [0.5, 0.6) is 0 Å². The fourth-order valence-electron chi connectivity index (χ4n) is 2.71. The van der Waals surface area contributed by atoms with Gasteiger partial charge in [-0.05, 0) is 13.8 Å². The minimum Gasteiger partial charge on any atom is -0.394 e. The Hall–Kier alpha value is -3.34. The first-order valence-corrected chi connectivity index (χ1v) is 10.7. The molecule has 0 aromatic rings. The molecular formula is C19H32N6O10. The SMILES string of the molecule is CC(=O)C[C@H]1NC(=O)N[C@H](CO)C(=O)NCCOCCOCC(=O)N[C@H](C(C)O)C(=O)NNC1=O. The van der Waals surface area contributed by atoms with Crippen LogP contribution in [0.25, 0.3) is 0 Å². The summed E-state index contributed by atoms with van der Waals surface area (Å²) >= 11 is 0. The Labute approximate surface area is 200 Å². The van der Waals surface area contributed by atoms with E-state index in [1.165, 1.54) is 6.92 Å². The topological polar surface area (TPSA) is 234 Å². The number of urea groups is 1. The normalized spacial score (nSPS) is 25.4. The molecule has 1 heterocycles. The van der Waals surface area contributed by atoms with Gasteiger partial charge in [0, 0.05) is 13.0 Å². The van der Waals surface area contributed by atoms with E-state index < -0.39 is 79.3 Å². The molecule has 198 valence electrons. The number of aliphatic hydroxyl groups is 2. The molecule has 0 aromatic heterocycles. The molecule has 1 unspecified atom stereocenters. The van der Waals surface area contributed by atoms with Crippen molar-refractivity contribution in [3.8, 4) is 0 Å². The van der Waals surface area contributed by atoms with Crippen molar-refractivity contribution in [2.45, 2.75) is 44.5 Å². The molecule has 4 atom stereocenters. The van der Waals surface area contributed by atoms with Crippen LogP contribution in [0.15, 0.2) is 0 Å². The van der Waals surface area contributed by atoms with E-state index in [0.29, 0.717) is 0 Å². The fraction of sp³-hybridized carbons (Fsp3) is 0.684. The monoisotopic (exact) mass is 504 g/mol. The first-order valence-electron chi connectivity index (χ1n) is 10.7. The molecule has 1 rings (SSSR count). The summed E-state index contributed by atoms with van der Waals surface area (Å²) in [4.78, 5) is 72.8. The highest BCUT2D eigenvalue weighted by Crippen LogP contribution is 1.97. The van der Waals surface area contributed by atoms with Crippen LogP contribution in [0.1, 0.15) is 20.3 Å². The number of rotatable bonds is 4. The van der Waals surface area contributed by atoms with Gasteiger partial charge in [-0.25, -0.2) is 4.79 Å². The minimum atomic E-state index is -1.47. The predicted octanol–water partition coefficient (Wildman–Crippen LogP) is -4.83. The molecular weight excluding hydrogens is 472 g/mol. The first-order chi connectivity index (χ1) is 16.5. The maximum absolute atomic E-state index is 12.5. The number of ketones is 1. The van der Waals surface area contributed by atoms with Crippen LogP contribution in [0.2, 0.25) is 0 Å². The van der Waals surface area contributed by atoms with Crippen LogP contribution in [0.3, 0.4) is 0 Å². The third-order valence-corrected chi connectivity index (χ3v) is 4.46. The van der Waals surface area contributed by atoms with E-state index in [-0.39, 0.29) is 26.4 Å². The number of carbonyl (C=O) groups is 6. The lowest BCUT2D eigenvalue weighted by molar-refractivity contribution is -0.136. The van der Waals surface area contributed by atoms with Gasteiger partial charge < -0.3 is 41.0 Å². The average molecular weight is 504 g/mol. The van der Waals surface area contributed by atoms with Gasteiger partial charge >= 0.3 is 6.03 Å². The van der Waals surface area contributed by atoms with Crippen LogP contribution >= 0.6 is 0 Å². The summed E-state index contributed by atoms with van der Waals surface area (Å²) in [5.41, 5.74) is 4.00. The first kappa shape index (κ1) is 29.7. The molecule has 16 heteroatoms. The Bertz CT molecular complexity index is 777. The predicted molar refractivity (Wildman–Crippen MR) is 116 cm³/mol. The molecule has 0 aliphatic carbocycles. The number of nitrogens with one attached hydrogen (secondary N) is 6. The summed E-state index contributed by atoms with van der Waals surface area (Å²) in [6.07, 6.45) is -1.81. The van der Waals surface area contributed by atoms with Crippen LogP contribution in [0.4, 0.5) is 4.79 Å². The third kappa shape index (κ3) is 11.6. The van der Waals surface area contributed by atoms with Crippen LogP contribution in [-0.4, -0.2) is 109 Å². The van der Waals surface area contributed by atoms with E-state index in [9.17, 15) is 39.0 Å². The van der Waals surface area contributed by atoms with Gasteiger partial charge in [0.05, 0.1) is 32.5 Å². The van der Waals surface area contributed by atoms with E-state index in [1.54, 1.807) is 0 Å². The lowest BCUT2D eigenvalue weighted by Crippen LogP contribution is -2.60. The molecule has 1 aliphatic heterocycles. The van der Waals surface area contributed by atoms with Gasteiger partial charge in [0.2, 0.25) is 11.8 Å². The van der Waals surface area contributed by atoms with Crippen molar-refractivity contribution in [3.63, 3.8) is 0 Å². The molecule has 1 fully saturated rings. The molecule has 1 saturated heterocycles. The number of hydrogen-bond donors (Lipinski definition) is 8. The number of ether oxygens (including phenoxy) is 2. The largest absolute Gasteiger partial charge is 0.394 e. The zero-order valence-corrected chi connectivity index (χ0v) is 19.4. The highest BCUT2D eigenvalue weighted by atomic mass is 16.5. The minimum absolute atomic E-state index is 0.0154. The second-order valence-electron chi connectivity index (χ2n) is 7.53. The molecule has 35 heavy (non-hydrogen) atoms. The van der Waals surface area contributed by atoms with Crippen molar-refractivity contribution in [2.24, 2.45) is 0 Å². The summed E-state index contributed by atoms with van der Waals surface area (Å²) < 4.78 is 10.3. The van der Waals surface area contributed by atoms with Crippen LogP contribution < -0.4 is 32.1 Å². The van der Waals surface area contributed by atoms with E-state index in [2.05, 4.69) is 21.3 Å². The Balaban J connectivity index is 2.99. The number of carbonyl (C=O) groups excluding carboxylic acids is 6. The van der Waals surface area contributed by atoms with Gasteiger partial charge in [-0.1, -0.05) is 0 Å². The Kier molecular flexibility index (Phi) is 13.2. The Morgan fingerprint density at radius 1 is 0.943 bits per heavy atom. The highest BCUT2D eigenvalue weighted by Gasteiger charge is 2.29. The fourth-order valence-corrected chi connectivity index (χ4v) is 2.71. The molecule has 0 aromatic carbocycles. The summed E-state index contributed by atoms with van der Waals surface area (Å²) in [6.45, 7) is 1.40. The summed E-state index contributed by atoms with van der Waals surface area (Å²) in [7, 11) is 0. The van der Waals surface area contributed by atoms with E-state index in [4.69, 9.17) is 9.47 Å². The molecule has 8 N–H and O–H groups in total. The molecule has 0 spiro atoms. The number of aliphatic hydroxyl groups excluding tert-OH is 2. The lowest BCUT2D eigenvalue weighted by Gasteiger charge is -2.23. The second kappa shape index (κ2) is 15.5. The molecule has 0 radical (unpaired) electrons. The van der Waals surface area contributed by atoms with Gasteiger partial charge in [0.25, 0.3) is 11.8 Å². The third-order valence-electron chi connectivity index (χ3n) is 4.46. The number of hydrazine groups is 1. The van der Waals surface area contributed by atoms with Crippen molar-refractivity contribution in [1.82, 2.24) is 32.1 Å². The quantitative estimate of drug-likeness (QED) is 0.182. The number of Topliss-reactive ketones (excluding diaryl/α,β-unsaturated/α-hetero) is 1. The van der Waals surface area contributed by atoms with Crippen molar-refractivity contribution in [3.05, 3.63) is 0 Å². The van der Waals surface area contributed by atoms with Crippen molar-refractivity contribution < 1.29 is 48.5 Å². The number of hydrogen-bond acceptors (Lipinski definition) is 10. The lowest BCUT2D eigenvalue weighted by atomic mass is 10.1. The average Bonchev–Trinajstić information content (AvgIpc) is 2.79. The number of amides is 6. The maximum Gasteiger partial charge on any atom is 0.316 e. The van der Waals surface area contributed by atoms with Gasteiger partial charge in [0.15, 0.2) is 0 Å². The highest BCUT2D eigenvalue weighted by molar-refractivity contribution is 5.95. The molecule has 0 saturated carbocycles. The summed E-state index contributed by atoms with van der Waals surface area (Å²) in [5.74, 6) is -3.92. The van der Waals surface area contributed by atoms with Crippen molar-refractivity contribution >= 4 is 35.4 Å². The van der Waals surface area contributed by atoms with Crippen molar-refractivity contribution in [2.75, 3.05) is 39.6 Å². The molecule has 16 nitrogen and oxygen atoms in total. The molecule has 0 bridgehead atoms. The van der Waals surface area contributed by atoms with E-state index >= 15 is 0 Å². The summed E-state index contributed by atoms with van der Waals surface area (Å²) in [5, 5.41) is 28.3. The molecule has 6 amide bonds. The zero-order valence-electron chi connectivity index (χ0n) is 19.4. The van der Waals surface area contributed by atoms with E-state index in [0.717, 1.165) is 6.92 Å². The van der Waals surface area contributed by atoms with Gasteiger partial charge in [-0.3, -0.25) is 34.8 Å². The smallest absolute Gasteiger partial charge is 0.316 e. The van der Waals surface area contributed by atoms with E-state index in [1.807, 2.05) is 10.9 Å². The zero-order chi connectivity index (χ0) is 26.4. The standard InChI is InChI=1S/C19H32N6O10/c1-10(27)7-12-17(31)24-25-18(32)15(11(2)28)23-14(29)9-35-6-5-34-4-3-20-16(30)13(8-26)22-19(33)21-12/h11-13,15,26,28H,3-9H2,1-2H3,(H,20,30)(H,23,29)(H,24,31)(H,25,32)(H2,21,22,33)/t11?,12-,13-,15-/m1/s1. The Morgan fingerprint density at radius 3 is 2.20 bits per heavy atom. The van der Waals surface area contributed by atoms with Gasteiger partial charge in [-0.2, -0.15) is 0 Å². The second-order valence-corrected chi connectivity index (χ2v) is 7.53. The Morgan fingerprint density at radius 2 is 1.57 bits per heavy atom. The summed E-state index contributed by atoms with van der Waals surface area (Å²) in [6, 6.07) is -5.33. The van der Waals surface area contributed by atoms with Crippen LogP contribution in [-0.2, 0) is 33.4 Å². The maximum atomic E-state index is 12.5. The molecule has 1 aliphatic rings. The van der Waals surface area contributed by atoms with Gasteiger partial charge in [-0.15, -0.1) is 0 Å². The van der Waals surface area contributed by atoms with Crippen molar-refractivity contribution in [1.29, 1.82) is 0 Å².